The lowest BCUT2D eigenvalue weighted by molar-refractivity contribution is -0.122. The van der Waals surface area contributed by atoms with E-state index in [4.69, 9.17) is 4.74 Å². The van der Waals surface area contributed by atoms with E-state index in [2.05, 4.69) is 15.2 Å². The van der Waals surface area contributed by atoms with E-state index in [-0.39, 0.29) is 5.91 Å². The third-order valence-electron chi connectivity index (χ3n) is 3.03. The van der Waals surface area contributed by atoms with Crippen LogP contribution in [0.5, 0.6) is 0 Å². The maximum absolute atomic E-state index is 11.8. The fourth-order valence-electron chi connectivity index (χ4n) is 1.86. The van der Waals surface area contributed by atoms with Crippen molar-refractivity contribution in [1.82, 2.24) is 15.2 Å². The highest BCUT2D eigenvalue weighted by Gasteiger charge is 2.24. The second-order valence-electron chi connectivity index (χ2n) is 4.87. The summed E-state index contributed by atoms with van der Waals surface area (Å²) in [5.41, 5.74) is 0.970. The number of nitrogens with one attached hydrogen (secondary N) is 1. The lowest BCUT2D eigenvalue weighted by atomic mass is 10.3. The normalized spacial score (nSPS) is 14.6. The van der Waals surface area contributed by atoms with Crippen LogP contribution < -0.4 is 5.32 Å². The Morgan fingerprint density at radius 1 is 1.53 bits per heavy atom. The summed E-state index contributed by atoms with van der Waals surface area (Å²) in [4.78, 5) is 18.2. The summed E-state index contributed by atoms with van der Waals surface area (Å²) >= 11 is 0. The fraction of sp³-hybridized carbons (Fsp3) is 0.571. The van der Waals surface area contributed by atoms with Gasteiger partial charge in [0.15, 0.2) is 0 Å². The molecule has 1 aromatic heterocycles. The fourth-order valence-corrected chi connectivity index (χ4v) is 1.86. The molecule has 0 spiro atoms. The monoisotopic (exact) mass is 263 g/mol. The molecule has 1 aliphatic carbocycles. The molecule has 1 heterocycles. The van der Waals surface area contributed by atoms with Crippen LogP contribution >= 0.6 is 0 Å². The van der Waals surface area contributed by atoms with Gasteiger partial charge in [-0.1, -0.05) is 6.07 Å². The molecule has 1 amide bonds. The summed E-state index contributed by atoms with van der Waals surface area (Å²) in [6.45, 7) is 2.41. The van der Waals surface area contributed by atoms with Crippen LogP contribution in [0.4, 0.5) is 0 Å². The van der Waals surface area contributed by atoms with Gasteiger partial charge in [-0.2, -0.15) is 0 Å². The molecule has 0 aliphatic heterocycles. The lowest BCUT2D eigenvalue weighted by Crippen LogP contribution is -2.39. The Hall–Kier alpha value is -1.46. The average molecular weight is 263 g/mol. The molecule has 0 radical (unpaired) electrons. The van der Waals surface area contributed by atoms with E-state index in [9.17, 15) is 4.79 Å². The van der Waals surface area contributed by atoms with Crippen LogP contribution in [0.3, 0.4) is 0 Å². The maximum atomic E-state index is 11.8. The number of ether oxygens (including phenoxy) is 1. The second-order valence-corrected chi connectivity index (χ2v) is 4.87. The highest BCUT2D eigenvalue weighted by atomic mass is 16.5. The quantitative estimate of drug-likeness (QED) is 0.754. The Morgan fingerprint density at radius 2 is 2.37 bits per heavy atom. The summed E-state index contributed by atoms with van der Waals surface area (Å²) in [6.07, 6.45) is 4.00. The molecule has 0 bridgehead atoms. The molecule has 1 aliphatic rings. The number of amides is 1. The Labute approximate surface area is 114 Å². The predicted molar refractivity (Wildman–Crippen MR) is 72.6 cm³/mol. The van der Waals surface area contributed by atoms with Gasteiger partial charge in [0.25, 0.3) is 0 Å². The number of rotatable bonds is 8. The van der Waals surface area contributed by atoms with Crippen LogP contribution in [0.1, 0.15) is 18.5 Å². The van der Waals surface area contributed by atoms with E-state index in [1.807, 2.05) is 18.2 Å². The number of aromatic nitrogens is 1. The number of hydrogen-bond acceptors (Lipinski definition) is 4. The standard InChI is InChI=1S/C14H21N3O2/c1-19-9-8-17(10-13-4-2-3-7-15-13)11-14(18)16-12-5-6-12/h2-4,7,12H,5-6,8-11H2,1H3,(H,16,18). The predicted octanol–water partition coefficient (Wildman–Crippen LogP) is 0.809. The van der Waals surface area contributed by atoms with E-state index in [1.165, 1.54) is 0 Å². The Bertz CT molecular complexity index is 393. The van der Waals surface area contributed by atoms with E-state index in [0.29, 0.717) is 25.7 Å². The molecule has 2 rings (SSSR count). The summed E-state index contributed by atoms with van der Waals surface area (Å²) in [7, 11) is 1.67. The number of pyridine rings is 1. The number of methoxy groups -OCH3 is 1. The van der Waals surface area contributed by atoms with Crippen molar-refractivity contribution in [3.63, 3.8) is 0 Å². The molecule has 104 valence electrons. The van der Waals surface area contributed by atoms with Crippen LogP contribution in [0.15, 0.2) is 24.4 Å². The highest BCUT2D eigenvalue weighted by molar-refractivity contribution is 5.78. The van der Waals surface area contributed by atoms with Crippen molar-refractivity contribution < 1.29 is 9.53 Å². The van der Waals surface area contributed by atoms with Gasteiger partial charge >= 0.3 is 0 Å². The van der Waals surface area contributed by atoms with E-state index < -0.39 is 0 Å². The van der Waals surface area contributed by atoms with Gasteiger partial charge < -0.3 is 10.1 Å². The number of nitrogens with zero attached hydrogens (tertiary/aromatic N) is 2. The van der Waals surface area contributed by atoms with Gasteiger partial charge in [-0.05, 0) is 25.0 Å². The van der Waals surface area contributed by atoms with Gasteiger partial charge in [-0.25, -0.2) is 0 Å². The zero-order valence-electron chi connectivity index (χ0n) is 11.3. The van der Waals surface area contributed by atoms with Crippen molar-refractivity contribution >= 4 is 5.91 Å². The largest absolute Gasteiger partial charge is 0.383 e. The zero-order valence-corrected chi connectivity index (χ0v) is 11.3. The van der Waals surface area contributed by atoms with Gasteiger partial charge in [0, 0.05) is 32.4 Å². The zero-order chi connectivity index (χ0) is 13.5. The van der Waals surface area contributed by atoms with Gasteiger partial charge in [0.2, 0.25) is 5.91 Å². The minimum Gasteiger partial charge on any atom is -0.383 e. The second kappa shape index (κ2) is 7.21. The van der Waals surface area contributed by atoms with Crippen molar-refractivity contribution in [2.24, 2.45) is 0 Å². The first-order chi connectivity index (χ1) is 9.28. The Balaban J connectivity index is 1.84. The van der Waals surface area contributed by atoms with E-state index in [0.717, 1.165) is 25.1 Å². The lowest BCUT2D eigenvalue weighted by Gasteiger charge is -2.21. The molecule has 0 unspecified atom stereocenters. The first kappa shape index (κ1) is 14.0. The first-order valence-electron chi connectivity index (χ1n) is 6.68. The van der Waals surface area contributed by atoms with Crippen LogP contribution in [0.25, 0.3) is 0 Å². The third-order valence-corrected chi connectivity index (χ3v) is 3.03. The smallest absolute Gasteiger partial charge is 0.234 e. The van der Waals surface area contributed by atoms with Crippen LogP contribution in [-0.4, -0.2) is 48.6 Å². The van der Waals surface area contributed by atoms with Gasteiger partial charge in [0.05, 0.1) is 18.8 Å². The topological polar surface area (TPSA) is 54.5 Å². The van der Waals surface area contributed by atoms with Crippen LogP contribution in [0, 0.1) is 0 Å². The van der Waals surface area contributed by atoms with Gasteiger partial charge in [-0.15, -0.1) is 0 Å². The summed E-state index contributed by atoms with van der Waals surface area (Å²) in [5.74, 6) is 0.0922. The van der Waals surface area contributed by atoms with Crippen molar-refractivity contribution in [2.75, 3.05) is 26.8 Å². The average Bonchev–Trinajstić information content (AvgIpc) is 3.21. The molecular weight excluding hydrogens is 242 g/mol. The Morgan fingerprint density at radius 3 is 3.00 bits per heavy atom. The summed E-state index contributed by atoms with van der Waals surface area (Å²) in [5, 5.41) is 3.00. The summed E-state index contributed by atoms with van der Waals surface area (Å²) < 4.78 is 5.09. The molecule has 1 N–H and O–H groups in total. The SMILES string of the molecule is COCCN(CC(=O)NC1CC1)Cc1ccccn1. The first-order valence-corrected chi connectivity index (χ1v) is 6.68. The van der Waals surface area contributed by atoms with Crippen molar-refractivity contribution in [1.29, 1.82) is 0 Å². The van der Waals surface area contributed by atoms with Gasteiger partial charge in [0.1, 0.15) is 0 Å². The minimum absolute atomic E-state index is 0.0922. The minimum atomic E-state index is 0.0922. The summed E-state index contributed by atoms with van der Waals surface area (Å²) in [6, 6.07) is 6.23. The molecule has 1 aromatic rings. The number of hydrogen-bond donors (Lipinski definition) is 1. The number of carbonyl (C=O) groups is 1. The van der Waals surface area contributed by atoms with Crippen molar-refractivity contribution in [2.45, 2.75) is 25.4 Å². The molecule has 0 atom stereocenters. The van der Waals surface area contributed by atoms with E-state index >= 15 is 0 Å². The van der Waals surface area contributed by atoms with Gasteiger partial charge in [-0.3, -0.25) is 14.7 Å². The van der Waals surface area contributed by atoms with Crippen LogP contribution in [-0.2, 0) is 16.1 Å². The van der Waals surface area contributed by atoms with Crippen LogP contribution in [0.2, 0.25) is 0 Å². The Kier molecular flexibility index (Phi) is 5.30. The third kappa shape index (κ3) is 5.36. The highest BCUT2D eigenvalue weighted by Crippen LogP contribution is 2.18. The molecule has 0 saturated heterocycles. The van der Waals surface area contributed by atoms with E-state index in [1.54, 1.807) is 13.3 Å². The molecule has 1 saturated carbocycles. The molecular formula is C14H21N3O2. The maximum Gasteiger partial charge on any atom is 0.234 e. The number of carbonyl (C=O) groups excluding carboxylic acids is 1. The van der Waals surface area contributed by atoms with Crippen molar-refractivity contribution in [3.8, 4) is 0 Å². The molecule has 0 aromatic carbocycles. The molecule has 1 fully saturated rings. The van der Waals surface area contributed by atoms with Crippen molar-refractivity contribution in [3.05, 3.63) is 30.1 Å². The molecule has 19 heavy (non-hydrogen) atoms. The molecule has 5 nitrogen and oxygen atoms in total. The molecule has 5 heteroatoms.